The fourth-order valence-corrected chi connectivity index (χ4v) is 3.75. The van der Waals surface area contributed by atoms with E-state index in [1.807, 2.05) is 14.1 Å². The molecule has 1 saturated heterocycles. The molecule has 6 heteroatoms. The molecular weight excluding hydrogens is 298 g/mol. The van der Waals surface area contributed by atoms with Crippen molar-refractivity contribution in [2.24, 2.45) is 0 Å². The molecule has 0 spiro atoms. The molecule has 0 radical (unpaired) electrons. The molecule has 22 heavy (non-hydrogen) atoms. The summed E-state index contributed by atoms with van der Waals surface area (Å²) in [5, 5.41) is 0. The lowest BCUT2D eigenvalue weighted by atomic mass is 10.0. The van der Waals surface area contributed by atoms with E-state index in [4.69, 9.17) is 0 Å². The molecular formula is C16H27N3O2S. The van der Waals surface area contributed by atoms with E-state index in [1.54, 1.807) is 0 Å². The van der Waals surface area contributed by atoms with Gasteiger partial charge in [-0.15, -0.1) is 0 Å². The monoisotopic (exact) mass is 325 g/mol. The van der Waals surface area contributed by atoms with Crippen LogP contribution in [0.1, 0.15) is 30.9 Å². The van der Waals surface area contributed by atoms with Gasteiger partial charge in [-0.05, 0) is 57.1 Å². The van der Waals surface area contributed by atoms with Crippen molar-refractivity contribution in [3.63, 3.8) is 0 Å². The molecule has 124 valence electrons. The SMILES string of the molecule is CNS(=O)(=O)CCCN1CCC[C@@H]1c1cccc(N(C)C)c1. The zero-order chi connectivity index (χ0) is 16.2. The summed E-state index contributed by atoms with van der Waals surface area (Å²) in [6.07, 6.45) is 3.00. The summed E-state index contributed by atoms with van der Waals surface area (Å²) in [5.41, 5.74) is 2.54. The molecule has 1 aliphatic rings. The largest absolute Gasteiger partial charge is 0.378 e. The topological polar surface area (TPSA) is 52.7 Å². The molecule has 1 aromatic carbocycles. The molecule has 0 amide bonds. The third-order valence-electron chi connectivity index (χ3n) is 4.30. The van der Waals surface area contributed by atoms with Crippen molar-refractivity contribution < 1.29 is 8.42 Å². The number of nitrogens with one attached hydrogen (secondary N) is 1. The Morgan fingerprint density at radius 2 is 2.14 bits per heavy atom. The molecule has 0 saturated carbocycles. The van der Waals surface area contributed by atoms with Crippen molar-refractivity contribution in [2.45, 2.75) is 25.3 Å². The van der Waals surface area contributed by atoms with E-state index in [2.05, 4.69) is 38.8 Å². The fraction of sp³-hybridized carbons (Fsp3) is 0.625. The third kappa shape index (κ3) is 4.44. The summed E-state index contributed by atoms with van der Waals surface area (Å²) < 4.78 is 25.4. The maximum Gasteiger partial charge on any atom is 0.211 e. The molecule has 5 nitrogen and oxygen atoms in total. The summed E-state index contributed by atoms with van der Waals surface area (Å²) in [5.74, 6) is 0.199. The molecule has 0 aromatic heterocycles. The fourth-order valence-electron chi connectivity index (χ4n) is 3.04. The van der Waals surface area contributed by atoms with Gasteiger partial charge in [0.2, 0.25) is 10.0 Å². The van der Waals surface area contributed by atoms with Crippen molar-refractivity contribution in [3.8, 4) is 0 Å². The van der Waals surface area contributed by atoms with E-state index in [-0.39, 0.29) is 5.75 Å². The Morgan fingerprint density at radius 1 is 1.36 bits per heavy atom. The second-order valence-corrected chi connectivity index (χ2v) is 8.11. The van der Waals surface area contributed by atoms with Gasteiger partial charge in [-0.2, -0.15) is 0 Å². The lowest BCUT2D eigenvalue weighted by molar-refractivity contribution is 0.258. The van der Waals surface area contributed by atoms with Crippen LogP contribution in [-0.2, 0) is 10.0 Å². The van der Waals surface area contributed by atoms with Gasteiger partial charge in [0.15, 0.2) is 0 Å². The quantitative estimate of drug-likeness (QED) is 0.831. The van der Waals surface area contributed by atoms with Crippen molar-refractivity contribution >= 4 is 15.7 Å². The summed E-state index contributed by atoms with van der Waals surface area (Å²) >= 11 is 0. The van der Waals surface area contributed by atoms with Gasteiger partial charge in [-0.25, -0.2) is 13.1 Å². The Morgan fingerprint density at radius 3 is 2.82 bits per heavy atom. The van der Waals surface area contributed by atoms with Crippen molar-refractivity contribution in [2.75, 3.05) is 44.9 Å². The van der Waals surface area contributed by atoms with Crippen LogP contribution in [0.15, 0.2) is 24.3 Å². The lowest BCUT2D eigenvalue weighted by Gasteiger charge is -2.26. The zero-order valence-electron chi connectivity index (χ0n) is 13.7. The Labute approximate surface area is 134 Å². The van der Waals surface area contributed by atoms with Crippen LogP contribution >= 0.6 is 0 Å². The maximum absolute atomic E-state index is 11.5. The molecule has 1 N–H and O–H groups in total. The average Bonchev–Trinajstić information content (AvgIpc) is 2.95. The van der Waals surface area contributed by atoms with E-state index in [9.17, 15) is 8.42 Å². The van der Waals surface area contributed by atoms with Gasteiger partial charge in [0.1, 0.15) is 0 Å². The maximum atomic E-state index is 11.5. The minimum atomic E-state index is -3.09. The Bertz CT molecular complexity index is 587. The molecule has 1 fully saturated rings. The number of rotatable bonds is 7. The third-order valence-corrected chi connectivity index (χ3v) is 5.75. The van der Waals surface area contributed by atoms with E-state index >= 15 is 0 Å². The number of nitrogens with zero attached hydrogens (tertiary/aromatic N) is 2. The zero-order valence-corrected chi connectivity index (χ0v) is 14.6. The highest BCUT2D eigenvalue weighted by Crippen LogP contribution is 2.33. The van der Waals surface area contributed by atoms with Crippen LogP contribution in [0.5, 0.6) is 0 Å². The van der Waals surface area contributed by atoms with Gasteiger partial charge in [0, 0.05) is 25.8 Å². The Kier molecular flexibility index (Phi) is 5.83. The van der Waals surface area contributed by atoms with Crippen LogP contribution in [0.3, 0.4) is 0 Å². The molecule has 2 rings (SSSR count). The van der Waals surface area contributed by atoms with Gasteiger partial charge in [0.25, 0.3) is 0 Å². The summed E-state index contributed by atoms with van der Waals surface area (Å²) in [4.78, 5) is 4.53. The van der Waals surface area contributed by atoms with Gasteiger partial charge in [0.05, 0.1) is 5.75 Å². The normalized spacial score (nSPS) is 19.5. The number of hydrogen-bond acceptors (Lipinski definition) is 4. The second kappa shape index (κ2) is 7.44. The van der Waals surface area contributed by atoms with Crippen LogP contribution < -0.4 is 9.62 Å². The van der Waals surface area contributed by atoms with Gasteiger partial charge in [-0.1, -0.05) is 12.1 Å². The van der Waals surface area contributed by atoms with E-state index in [1.165, 1.54) is 24.7 Å². The van der Waals surface area contributed by atoms with Gasteiger partial charge >= 0.3 is 0 Å². The Hall–Kier alpha value is -1.11. The molecule has 0 bridgehead atoms. The highest BCUT2D eigenvalue weighted by Gasteiger charge is 2.26. The first-order valence-electron chi connectivity index (χ1n) is 7.85. The molecule has 1 heterocycles. The minimum Gasteiger partial charge on any atom is -0.378 e. The molecule has 1 aromatic rings. The van der Waals surface area contributed by atoms with Crippen molar-refractivity contribution in [1.29, 1.82) is 0 Å². The van der Waals surface area contributed by atoms with Crippen LogP contribution in [0.2, 0.25) is 0 Å². The summed E-state index contributed by atoms with van der Waals surface area (Å²) in [7, 11) is 2.48. The standard InChI is InChI=1S/C16H27N3O2S/c1-17-22(20,21)12-6-11-19-10-5-9-16(19)14-7-4-8-15(13-14)18(2)3/h4,7-8,13,16-17H,5-6,9-12H2,1-3H3/t16-/m1/s1. The first-order valence-corrected chi connectivity index (χ1v) is 9.51. The predicted octanol–water partition coefficient (Wildman–Crippen LogP) is 1.83. The minimum absolute atomic E-state index is 0.199. The van der Waals surface area contributed by atoms with Crippen molar-refractivity contribution in [3.05, 3.63) is 29.8 Å². The van der Waals surface area contributed by atoms with Gasteiger partial charge < -0.3 is 4.90 Å². The van der Waals surface area contributed by atoms with E-state index in [0.29, 0.717) is 12.5 Å². The first kappa shape index (κ1) is 17.2. The summed E-state index contributed by atoms with van der Waals surface area (Å²) in [6.45, 7) is 1.88. The number of sulfonamides is 1. The number of anilines is 1. The smallest absolute Gasteiger partial charge is 0.211 e. The lowest BCUT2D eigenvalue weighted by Crippen LogP contribution is -2.28. The molecule has 1 aliphatic heterocycles. The molecule has 0 aliphatic carbocycles. The van der Waals surface area contributed by atoms with E-state index in [0.717, 1.165) is 19.5 Å². The van der Waals surface area contributed by atoms with Gasteiger partial charge in [-0.3, -0.25) is 4.90 Å². The highest BCUT2D eigenvalue weighted by molar-refractivity contribution is 7.89. The van der Waals surface area contributed by atoms with Crippen LogP contribution in [0.4, 0.5) is 5.69 Å². The highest BCUT2D eigenvalue weighted by atomic mass is 32.2. The van der Waals surface area contributed by atoms with E-state index < -0.39 is 10.0 Å². The molecule has 0 unspecified atom stereocenters. The average molecular weight is 325 g/mol. The molecule has 1 atom stereocenters. The predicted molar refractivity (Wildman–Crippen MR) is 91.8 cm³/mol. The number of likely N-dealkylation sites (tertiary alicyclic amines) is 1. The van der Waals surface area contributed by atoms with Crippen LogP contribution in [-0.4, -0.2) is 53.3 Å². The van der Waals surface area contributed by atoms with Crippen LogP contribution in [0, 0.1) is 0 Å². The van der Waals surface area contributed by atoms with Crippen molar-refractivity contribution in [1.82, 2.24) is 9.62 Å². The second-order valence-electron chi connectivity index (χ2n) is 6.06. The number of hydrogen-bond donors (Lipinski definition) is 1. The first-order chi connectivity index (χ1) is 10.4. The summed E-state index contributed by atoms with van der Waals surface area (Å²) in [6, 6.07) is 9.06. The van der Waals surface area contributed by atoms with Crippen LogP contribution in [0.25, 0.3) is 0 Å². The Balaban J connectivity index is 2.00. The number of benzene rings is 1.